The number of fused-ring (bicyclic) bond motifs is 1. The lowest BCUT2D eigenvalue weighted by atomic mass is 9.93. The van der Waals surface area contributed by atoms with E-state index in [0.717, 1.165) is 31.6 Å². The number of carbonyl (C=O) groups is 1. The second-order valence-corrected chi connectivity index (χ2v) is 13.0. The van der Waals surface area contributed by atoms with Crippen LogP contribution in [0.5, 0.6) is 5.75 Å². The van der Waals surface area contributed by atoms with Crippen molar-refractivity contribution in [2.24, 2.45) is 4.99 Å². The van der Waals surface area contributed by atoms with Gasteiger partial charge < -0.3 is 9.47 Å². The quantitative estimate of drug-likeness (QED) is 0.123. The molecule has 2 heterocycles. The molecule has 5 aromatic rings. The van der Waals surface area contributed by atoms with Crippen LogP contribution >= 0.6 is 39.0 Å². The highest BCUT2D eigenvalue weighted by Gasteiger charge is 2.35. The zero-order valence-electron chi connectivity index (χ0n) is 24.6. The third kappa shape index (κ3) is 6.61. The van der Waals surface area contributed by atoms with Crippen molar-refractivity contribution in [3.05, 3.63) is 155 Å². The maximum atomic E-state index is 14.3. The number of ether oxygens (including phenoxy) is 2. The van der Waals surface area contributed by atoms with Crippen molar-refractivity contribution >= 4 is 56.8 Å². The number of para-hydroxylation sites is 1. The third-order valence-electron chi connectivity index (χ3n) is 7.32. The first-order valence-corrected chi connectivity index (χ1v) is 17.2. The molecule has 0 amide bonds. The van der Waals surface area contributed by atoms with Gasteiger partial charge in [-0.15, -0.1) is 11.8 Å². The van der Waals surface area contributed by atoms with Gasteiger partial charge in [-0.2, -0.15) is 0 Å². The summed E-state index contributed by atoms with van der Waals surface area (Å²) in [7, 11) is 0. The summed E-state index contributed by atoms with van der Waals surface area (Å²) in [5.74, 6) is 0.160. The number of esters is 1. The lowest BCUT2D eigenvalue weighted by Crippen LogP contribution is -2.40. The lowest BCUT2D eigenvalue weighted by Gasteiger charge is -2.26. The smallest absolute Gasteiger partial charge is 0.338 e. The molecule has 0 N–H and O–H groups in total. The molecule has 1 aromatic heterocycles. The molecule has 6 nitrogen and oxygen atoms in total. The summed E-state index contributed by atoms with van der Waals surface area (Å²) in [5.41, 5.74) is 3.96. The molecule has 1 aliphatic rings. The van der Waals surface area contributed by atoms with Gasteiger partial charge in [0.15, 0.2) is 4.80 Å². The molecule has 0 bridgehead atoms. The monoisotopic (exact) mass is 696 g/mol. The van der Waals surface area contributed by atoms with E-state index in [4.69, 9.17) is 14.5 Å². The first-order valence-electron chi connectivity index (χ1n) is 14.4. The minimum atomic E-state index is -0.725. The van der Waals surface area contributed by atoms with E-state index in [2.05, 4.69) is 15.9 Å². The number of benzene rings is 4. The van der Waals surface area contributed by atoms with Crippen LogP contribution in [-0.2, 0) is 16.1 Å². The van der Waals surface area contributed by atoms with Crippen LogP contribution in [0.15, 0.2) is 128 Å². The number of aromatic nitrogens is 1. The minimum absolute atomic E-state index is 0.198. The average Bonchev–Trinajstić information content (AvgIpc) is 3.38. The number of thioether (sulfide) groups is 1. The Labute approximate surface area is 277 Å². The number of hydrogen-bond donors (Lipinski definition) is 0. The van der Waals surface area contributed by atoms with Crippen LogP contribution in [0.25, 0.3) is 11.8 Å². The van der Waals surface area contributed by atoms with Gasteiger partial charge >= 0.3 is 5.97 Å². The van der Waals surface area contributed by atoms with E-state index in [1.54, 1.807) is 23.3 Å². The van der Waals surface area contributed by atoms with Gasteiger partial charge in [-0.25, -0.2) is 9.79 Å². The normalized spacial score (nSPS) is 14.6. The number of rotatable bonds is 9. The van der Waals surface area contributed by atoms with Gasteiger partial charge in [0.2, 0.25) is 0 Å². The van der Waals surface area contributed by atoms with Gasteiger partial charge in [0.1, 0.15) is 12.4 Å². The Bertz CT molecular complexity index is 2050. The van der Waals surface area contributed by atoms with Gasteiger partial charge in [-0.1, -0.05) is 100 Å². The third-order valence-corrected chi connectivity index (χ3v) is 9.57. The van der Waals surface area contributed by atoms with Crippen molar-refractivity contribution in [1.29, 1.82) is 0 Å². The van der Waals surface area contributed by atoms with Crippen molar-refractivity contribution in [3.63, 3.8) is 0 Å². The molecule has 0 unspecified atom stereocenters. The number of hydrogen-bond acceptors (Lipinski definition) is 7. The van der Waals surface area contributed by atoms with Crippen LogP contribution < -0.4 is 19.6 Å². The molecule has 0 aliphatic carbocycles. The summed E-state index contributed by atoms with van der Waals surface area (Å²) in [4.78, 5) is 34.5. The van der Waals surface area contributed by atoms with E-state index in [-0.39, 0.29) is 12.2 Å². The summed E-state index contributed by atoms with van der Waals surface area (Å²) in [5, 5.41) is 0. The van der Waals surface area contributed by atoms with Gasteiger partial charge in [0, 0.05) is 20.5 Å². The Morgan fingerprint density at radius 2 is 1.69 bits per heavy atom. The molecule has 6 rings (SSSR count). The molecule has 0 saturated carbocycles. The van der Waals surface area contributed by atoms with Crippen molar-refractivity contribution in [2.75, 3.05) is 12.9 Å². The van der Waals surface area contributed by atoms with Crippen LogP contribution in [0, 0.1) is 0 Å². The molecule has 0 saturated heterocycles. The number of thiazole rings is 1. The highest BCUT2D eigenvalue weighted by molar-refractivity contribution is 9.10. The van der Waals surface area contributed by atoms with E-state index in [9.17, 15) is 9.59 Å². The topological polar surface area (TPSA) is 69.9 Å². The molecule has 226 valence electrons. The zero-order valence-corrected chi connectivity index (χ0v) is 27.8. The molecular formula is C36H29BrN2O4S2. The highest BCUT2D eigenvalue weighted by atomic mass is 79.9. The summed E-state index contributed by atoms with van der Waals surface area (Å²) in [6.45, 7) is 2.35. The van der Waals surface area contributed by atoms with Crippen LogP contribution in [0.3, 0.4) is 0 Å². The summed E-state index contributed by atoms with van der Waals surface area (Å²) in [6, 6.07) is 32.4. The maximum Gasteiger partial charge on any atom is 0.338 e. The van der Waals surface area contributed by atoms with E-state index in [0.29, 0.717) is 33.0 Å². The van der Waals surface area contributed by atoms with Crippen molar-refractivity contribution in [1.82, 2.24) is 4.57 Å². The summed E-state index contributed by atoms with van der Waals surface area (Å²) >= 11 is 6.39. The van der Waals surface area contributed by atoms with E-state index in [1.807, 2.05) is 115 Å². The minimum Gasteiger partial charge on any atom is -0.488 e. The van der Waals surface area contributed by atoms with Crippen LogP contribution in [0.2, 0.25) is 0 Å². The fourth-order valence-electron chi connectivity index (χ4n) is 5.16. The Morgan fingerprint density at radius 3 is 2.40 bits per heavy atom. The standard InChI is InChI=1S/C36H29BrN2O4S2/c1-3-42-35(41)31-32(24-9-5-4-6-10-24)38-36-39(33(31)25-15-19-28(44-2)20-16-25)34(40)30(45-36)21-26-11-7-8-12-29(26)43-22-23-13-17-27(37)18-14-23/h4-21,33H,3,22H2,1-2H3/b30-21-/t33-/m1/s1. The van der Waals surface area contributed by atoms with Gasteiger partial charge in [-0.05, 0) is 60.7 Å². The van der Waals surface area contributed by atoms with Gasteiger partial charge in [0.25, 0.3) is 5.56 Å². The van der Waals surface area contributed by atoms with E-state index >= 15 is 0 Å². The Morgan fingerprint density at radius 1 is 0.978 bits per heavy atom. The van der Waals surface area contributed by atoms with Crippen LogP contribution in [0.1, 0.15) is 35.2 Å². The summed E-state index contributed by atoms with van der Waals surface area (Å²) < 4.78 is 14.9. The zero-order chi connectivity index (χ0) is 31.3. The number of halogens is 1. The molecule has 0 spiro atoms. The van der Waals surface area contributed by atoms with Gasteiger partial charge in [0.05, 0.1) is 28.5 Å². The van der Waals surface area contributed by atoms with E-state index < -0.39 is 12.0 Å². The second-order valence-electron chi connectivity index (χ2n) is 10.2. The fraction of sp³-hybridized carbons (Fsp3) is 0.139. The fourth-order valence-corrected chi connectivity index (χ4v) is 6.82. The number of nitrogens with zero attached hydrogens (tertiary/aromatic N) is 2. The Balaban J connectivity index is 1.51. The first-order chi connectivity index (χ1) is 22.0. The second kappa shape index (κ2) is 13.9. The largest absolute Gasteiger partial charge is 0.488 e. The van der Waals surface area contributed by atoms with Crippen LogP contribution in [0.4, 0.5) is 0 Å². The number of carbonyl (C=O) groups excluding carboxylic acids is 1. The molecule has 1 aliphatic heterocycles. The maximum absolute atomic E-state index is 14.3. The van der Waals surface area contributed by atoms with Crippen LogP contribution in [-0.4, -0.2) is 23.4 Å². The highest BCUT2D eigenvalue weighted by Crippen LogP contribution is 2.35. The SMILES string of the molecule is CCOC(=O)C1=C(c2ccccc2)N=c2s/c(=C\c3ccccc3OCc3ccc(Br)cc3)c(=O)n2[C@@H]1c1ccc(SC)cc1. The molecule has 0 radical (unpaired) electrons. The molecule has 9 heteroatoms. The van der Waals surface area contributed by atoms with Gasteiger partial charge in [-0.3, -0.25) is 9.36 Å². The molecular weight excluding hydrogens is 668 g/mol. The predicted octanol–water partition coefficient (Wildman–Crippen LogP) is 7.00. The molecule has 0 fully saturated rings. The summed E-state index contributed by atoms with van der Waals surface area (Å²) in [6.07, 6.45) is 3.85. The predicted molar refractivity (Wildman–Crippen MR) is 184 cm³/mol. The molecule has 45 heavy (non-hydrogen) atoms. The molecule has 1 atom stereocenters. The average molecular weight is 698 g/mol. The van der Waals surface area contributed by atoms with Crippen molar-refractivity contribution in [2.45, 2.75) is 24.5 Å². The molecule has 4 aromatic carbocycles. The first kappa shape index (κ1) is 30.8. The van der Waals surface area contributed by atoms with Crippen molar-refractivity contribution < 1.29 is 14.3 Å². The van der Waals surface area contributed by atoms with E-state index in [1.165, 1.54) is 11.3 Å². The lowest BCUT2D eigenvalue weighted by molar-refractivity contribution is -0.138. The Hall–Kier alpha value is -4.18. The Kier molecular flexibility index (Phi) is 9.49. The van der Waals surface area contributed by atoms with Crippen molar-refractivity contribution in [3.8, 4) is 5.75 Å².